The third kappa shape index (κ3) is 6.78. The molecule has 3 aromatic rings. The van der Waals surface area contributed by atoms with Gasteiger partial charge in [0.25, 0.3) is 10.0 Å². The van der Waals surface area contributed by atoms with Gasteiger partial charge >= 0.3 is 0 Å². The van der Waals surface area contributed by atoms with E-state index in [1.54, 1.807) is 44.2 Å². The number of amides is 2. The van der Waals surface area contributed by atoms with E-state index in [1.807, 2.05) is 44.2 Å². The SMILES string of the molecule is CCNC(=O)[C@@H](C)N(Cc1cccc(Br)c1)C(=O)CN(c1cccc(C)c1C)S(=O)(=O)c1ccccc1. The van der Waals surface area contributed by atoms with Crippen LogP contribution >= 0.6 is 15.9 Å². The van der Waals surface area contributed by atoms with E-state index in [-0.39, 0.29) is 17.3 Å². The Morgan fingerprint density at radius 2 is 1.65 bits per heavy atom. The van der Waals surface area contributed by atoms with Crippen LogP contribution in [0.3, 0.4) is 0 Å². The van der Waals surface area contributed by atoms with Crippen LogP contribution in [0.5, 0.6) is 0 Å². The molecule has 0 aliphatic heterocycles. The number of aryl methyl sites for hydroxylation is 1. The molecule has 0 saturated heterocycles. The van der Waals surface area contributed by atoms with Gasteiger partial charge in [0.2, 0.25) is 11.8 Å². The van der Waals surface area contributed by atoms with Crippen LogP contribution in [0.4, 0.5) is 5.69 Å². The molecule has 0 bridgehead atoms. The van der Waals surface area contributed by atoms with E-state index in [9.17, 15) is 18.0 Å². The highest BCUT2D eigenvalue weighted by molar-refractivity contribution is 9.10. The maximum atomic E-state index is 13.9. The van der Waals surface area contributed by atoms with Crippen LogP contribution in [-0.4, -0.2) is 44.3 Å². The first-order valence-electron chi connectivity index (χ1n) is 12.0. The number of nitrogens with one attached hydrogen (secondary N) is 1. The van der Waals surface area contributed by atoms with E-state index >= 15 is 0 Å². The van der Waals surface area contributed by atoms with Crippen molar-refractivity contribution in [3.8, 4) is 0 Å². The molecular weight excluding hydrogens is 554 g/mol. The van der Waals surface area contributed by atoms with Gasteiger partial charge in [-0.3, -0.25) is 13.9 Å². The maximum Gasteiger partial charge on any atom is 0.264 e. The minimum absolute atomic E-state index is 0.0824. The summed E-state index contributed by atoms with van der Waals surface area (Å²) in [5.74, 6) is -0.797. The molecule has 1 N–H and O–H groups in total. The summed E-state index contributed by atoms with van der Waals surface area (Å²) in [6.07, 6.45) is 0. The predicted octanol–water partition coefficient (Wildman–Crippen LogP) is 4.81. The molecule has 3 aromatic carbocycles. The second kappa shape index (κ2) is 12.4. The fraction of sp³-hybridized carbons (Fsp3) is 0.286. The molecule has 0 fully saturated rings. The van der Waals surface area contributed by atoms with E-state index in [1.165, 1.54) is 17.0 Å². The zero-order valence-corrected chi connectivity index (χ0v) is 23.8. The number of hydrogen-bond donors (Lipinski definition) is 1. The van der Waals surface area contributed by atoms with Gasteiger partial charge in [0.1, 0.15) is 12.6 Å². The minimum atomic E-state index is -4.08. The molecule has 0 aliphatic carbocycles. The molecule has 1 atom stereocenters. The summed E-state index contributed by atoms with van der Waals surface area (Å²) in [6, 6.07) is 20.0. The van der Waals surface area contributed by atoms with E-state index in [2.05, 4.69) is 21.2 Å². The molecule has 0 radical (unpaired) electrons. The first kappa shape index (κ1) is 28.4. The Hall–Kier alpha value is -3.17. The van der Waals surface area contributed by atoms with E-state index < -0.39 is 28.5 Å². The van der Waals surface area contributed by atoms with Gasteiger partial charge in [0.15, 0.2) is 0 Å². The fourth-order valence-corrected chi connectivity index (χ4v) is 5.91. The number of rotatable bonds is 10. The van der Waals surface area contributed by atoms with Gasteiger partial charge in [0.05, 0.1) is 10.6 Å². The molecule has 0 spiro atoms. The molecule has 9 heteroatoms. The maximum absolute atomic E-state index is 13.9. The van der Waals surface area contributed by atoms with Gasteiger partial charge in [0, 0.05) is 17.6 Å². The van der Waals surface area contributed by atoms with Crippen LogP contribution in [-0.2, 0) is 26.2 Å². The number of carbonyl (C=O) groups is 2. The normalized spacial score (nSPS) is 12.0. The summed E-state index contributed by atoms with van der Waals surface area (Å²) in [6.45, 7) is 7.28. The lowest BCUT2D eigenvalue weighted by molar-refractivity contribution is -0.139. The fourth-order valence-electron chi connectivity index (χ4n) is 3.98. The summed E-state index contributed by atoms with van der Waals surface area (Å²) in [5, 5.41) is 2.76. The summed E-state index contributed by atoms with van der Waals surface area (Å²) in [7, 11) is -4.08. The Labute approximate surface area is 227 Å². The lowest BCUT2D eigenvalue weighted by atomic mass is 10.1. The number of likely N-dealkylation sites (N-methyl/N-ethyl adjacent to an activating group) is 1. The summed E-state index contributed by atoms with van der Waals surface area (Å²) < 4.78 is 29.7. The van der Waals surface area contributed by atoms with Crippen molar-refractivity contribution in [1.29, 1.82) is 0 Å². The van der Waals surface area contributed by atoms with Crippen molar-refractivity contribution < 1.29 is 18.0 Å². The molecular formula is C28H32BrN3O4S. The highest BCUT2D eigenvalue weighted by Crippen LogP contribution is 2.29. The Balaban J connectivity index is 2.07. The minimum Gasteiger partial charge on any atom is -0.355 e. The van der Waals surface area contributed by atoms with Crippen molar-refractivity contribution in [3.63, 3.8) is 0 Å². The number of carbonyl (C=O) groups excluding carboxylic acids is 2. The summed E-state index contributed by atoms with van der Waals surface area (Å²) in [5.41, 5.74) is 2.89. The Morgan fingerprint density at radius 3 is 2.30 bits per heavy atom. The van der Waals surface area contributed by atoms with Crippen LogP contribution in [0.25, 0.3) is 0 Å². The van der Waals surface area contributed by atoms with E-state index in [4.69, 9.17) is 0 Å². The quantitative estimate of drug-likeness (QED) is 0.370. The molecule has 0 aliphatic rings. The number of sulfonamides is 1. The molecule has 2 amide bonds. The van der Waals surface area contributed by atoms with E-state index in [0.29, 0.717) is 12.2 Å². The average Bonchev–Trinajstić information content (AvgIpc) is 2.88. The second-order valence-corrected chi connectivity index (χ2v) is 11.5. The van der Waals surface area contributed by atoms with Gasteiger partial charge < -0.3 is 10.2 Å². The first-order chi connectivity index (χ1) is 17.6. The second-order valence-electron chi connectivity index (χ2n) is 8.77. The third-order valence-electron chi connectivity index (χ3n) is 6.22. The predicted molar refractivity (Wildman–Crippen MR) is 150 cm³/mol. The van der Waals surface area contributed by atoms with Crippen molar-refractivity contribution >= 4 is 43.5 Å². The Bertz CT molecular complexity index is 1360. The number of hydrogen-bond acceptors (Lipinski definition) is 4. The molecule has 37 heavy (non-hydrogen) atoms. The molecule has 0 aromatic heterocycles. The molecule has 3 rings (SSSR count). The largest absolute Gasteiger partial charge is 0.355 e. The monoisotopic (exact) mass is 585 g/mol. The molecule has 0 saturated carbocycles. The summed E-state index contributed by atoms with van der Waals surface area (Å²) >= 11 is 3.45. The van der Waals surface area contributed by atoms with Crippen LogP contribution in [0.2, 0.25) is 0 Å². The van der Waals surface area contributed by atoms with Crippen molar-refractivity contribution in [1.82, 2.24) is 10.2 Å². The number of anilines is 1. The average molecular weight is 587 g/mol. The standard InChI is InChI=1S/C28H32BrN3O4S/c1-5-30-28(34)22(4)31(18-23-12-10-13-24(29)17-23)27(33)19-32(26-16-9-11-20(2)21(26)3)37(35,36)25-14-7-6-8-15-25/h6-17,22H,5,18-19H2,1-4H3,(H,30,34)/t22-/m1/s1. The van der Waals surface area contributed by atoms with Crippen LogP contribution in [0.15, 0.2) is 82.2 Å². The molecule has 7 nitrogen and oxygen atoms in total. The first-order valence-corrected chi connectivity index (χ1v) is 14.2. The number of benzene rings is 3. The van der Waals surface area contributed by atoms with E-state index in [0.717, 1.165) is 25.5 Å². The number of halogens is 1. The number of nitrogens with zero attached hydrogens (tertiary/aromatic N) is 2. The lowest BCUT2D eigenvalue weighted by Gasteiger charge is -2.32. The van der Waals surface area contributed by atoms with Crippen molar-refractivity contribution in [2.75, 3.05) is 17.4 Å². The lowest BCUT2D eigenvalue weighted by Crippen LogP contribution is -2.51. The Kier molecular flexibility index (Phi) is 9.50. The highest BCUT2D eigenvalue weighted by Gasteiger charge is 2.33. The molecule has 0 heterocycles. The van der Waals surface area contributed by atoms with Crippen LogP contribution < -0.4 is 9.62 Å². The van der Waals surface area contributed by atoms with Gasteiger partial charge in [-0.2, -0.15) is 0 Å². The van der Waals surface area contributed by atoms with Crippen LogP contribution in [0.1, 0.15) is 30.5 Å². The van der Waals surface area contributed by atoms with Crippen molar-refractivity contribution in [2.45, 2.75) is 45.2 Å². The van der Waals surface area contributed by atoms with Crippen molar-refractivity contribution in [3.05, 3.63) is 94.0 Å². The zero-order chi connectivity index (χ0) is 27.2. The van der Waals surface area contributed by atoms with Crippen molar-refractivity contribution in [2.24, 2.45) is 0 Å². The smallest absolute Gasteiger partial charge is 0.264 e. The Morgan fingerprint density at radius 1 is 0.973 bits per heavy atom. The summed E-state index contributed by atoms with van der Waals surface area (Å²) in [4.78, 5) is 28.1. The van der Waals surface area contributed by atoms with Gasteiger partial charge in [-0.05, 0) is 74.7 Å². The van der Waals surface area contributed by atoms with Gasteiger partial charge in [-0.1, -0.05) is 58.4 Å². The molecule has 196 valence electrons. The molecule has 0 unspecified atom stereocenters. The van der Waals surface area contributed by atoms with Crippen LogP contribution in [0, 0.1) is 13.8 Å². The highest BCUT2D eigenvalue weighted by atomic mass is 79.9. The zero-order valence-electron chi connectivity index (χ0n) is 21.4. The topological polar surface area (TPSA) is 86.8 Å². The third-order valence-corrected chi connectivity index (χ3v) is 8.48. The van der Waals surface area contributed by atoms with Gasteiger partial charge in [-0.15, -0.1) is 0 Å². The van der Waals surface area contributed by atoms with Gasteiger partial charge in [-0.25, -0.2) is 8.42 Å².